The molecule has 170 valence electrons. The maximum absolute atomic E-state index is 13.3. The molecule has 2 heterocycles. The van der Waals surface area contributed by atoms with E-state index in [-0.39, 0.29) is 23.5 Å². The maximum atomic E-state index is 13.3. The van der Waals surface area contributed by atoms with Crippen LogP contribution in [0, 0.1) is 0 Å². The van der Waals surface area contributed by atoms with Crippen molar-refractivity contribution < 1.29 is 18.0 Å². The Labute approximate surface area is 184 Å². The van der Waals surface area contributed by atoms with Crippen LogP contribution in [-0.4, -0.2) is 62.4 Å². The number of fused-ring (bicyclic) bond motifs is 1. The quantitative estimate of drug-likeness (QED) is 0.716. The molecule has 1 spiro atoms. The standard InChI is InChI=1S/C22H32N4O4S/c1-24(2)31(29,30)18-10-11-19-17(15-18)9-8-14-25(19)16-26-20(27)22(23-21(26)28)12-6-4-3-5-7-13-22/h10-11,15H,3-9,12-14,16H2,1-2H3,(H,23,28). The Morgan fingerprint density at radius 1 is 1.03 bits per heavy atom. The van der Waals surface area contributed by atoms with Gasteiger partial charge in [-0.3, -0.25) is 4.79 Å². The van der Waals surface area contributed by atoms with Gasteiger partial charge in [-0.25, -0.2) is 22.4 Å². The van der Waals surface area contributed by atoms with Crippen molar-refractivity contribution in [3.05, 3.63) is 23.8 Å². The second kappa shape index (κ2) is 8.43. The largest absolute Gasteiger partial charge is 0.353 e. The first-order chi connectivity index (χ1) is 14.7. The van der Waals surface area contributed by atoms with Gasteiger partial charge >= 0.3 is 6.03 Å². The lowest BCUT2D eigenvalue weighted by Crippen LogP contribution is -2.48. The molecule has 0 radical (unpaired) electrons. The highest BCUT2D eigenvalue weighted by Crippen LogP contribution is 2.34. The van der Waals surface area contributed by atoms with Gasteiger partial charge in [0.1, 0.15) is 12.2 Å². The van der Waals surface area contributed by atoms with Gasteiger partial charge in [-0.05, 0) is 49.4 Å². The van der Waals surface area contributed by atoms with Crippen molar-refractivity contribution in [1.82, 2.24) is 14.5 Å². The third-order valence-electron chi connectivity index (χ3n) is 6.81. The summed E-state index contributed by atoms with van der Waals surface area (Å²) >= 11 is 0. The topological polar surface area (TPSA) is 90.0 Å². The van der Waals surface area contributed by atoms with E-state index in [2.05, 4.69) is 5.32 Å². The molecule has 1 aromatic rings. The minimum Gasteiger partial charge on any atom is -0.353 e. The monoisotopic (exact) mass is 448 g/mol. The second-order valence-corrected chi connectivity index (χ2v) is 11.3. The normalized spacial score (nSPS) is 21.8. The zero-order valence-electron chi connectivity index (χ0n) is 18.4. The highest BCUT2D eigenvalue weighted by molar-refractivity contribution is 7.89. The Hall–Kier alpha value is -2.13. The fourth-order valence-corrected chi connectivity index (χ4v) is 5.95. The van der Waals surface area contributed by atoms with Gasteiger partial charge in [-0.1, -0.05) is 32.1 Å². The minimum atomic E-state index is -3.51. The molecule has 8 nitrogen and oxygen atoms in total. The Bertz CT molecular complexity index is 968. The number of urea groups is 1. The number of hydrogen-bond donors (Lipinski definition) is 1. The molecule has 4 rings (SSSR count). The number of nitrogens with one attached hydrogen (secondary N) is 1. The Kier molecular flexibility index (Phi) is 6.00. The van der Waals surface area contributed by atoms with Crippen LogP contribution < -0.4 is 10.2 Å². The zero-order valence-corrected chi connectivity index (χ0v) is 19.2. The molecular weight excluding hydrogens is 416 g/mol. The molecule has 0 unspecified atom stereocenters. The number of imide groups is 1. The van der Waals surface area contributed by atoms with Gasteiger partial charge in [-0.15, -0.1) is 0 Å². The highest BCUT2D eigenvalue weighted by atomic mass is 32.2. The number of anilines is 1. The van der Waals surface area contributed by atoms with Gasteiger partial charge in [0.15, 0.2) is 0 Å². The number of nitrogens with zero attached hydrogens (tertiary/aromatic N) is 3. The van der Waals surface area contributed by atoms with E-state index in [1.165, 1.54) is 29.7 Å². The first-order valence-corrected chi connectivity index (χ1v) is 12.6. The molecule has 1 aromatic carbocycles. The van der Waals surface area contributed by atoms with E-state index < -0.39 is 15.6 Å². The molecule has 1 saturated heterocycles. The van der Waals surface area contributed by atoms with Crippen molar-refractivity contribution in [2.24, 2.45) is 0 Å². The van der Waals surface area contributed by atoms with Gasteiger partial charge in [-0.2, -0.15) is 0 Å². The van der Waals surface area contributed by atoms with Gasteiger partial charge in [0, 0.05) is 26.3 Å². The molecule has 0 bridgehead atoms. The highest BCUT2D eigenvalue weighted by Gasteiger charge is 2.50. The fraction of sp³-hybridized carbons (Fsp3) is 0.636. The van der Waals surface area contributed by atoms with E-state index in [0.717, 1.165) is 56.3 Å². The van der Waals surface area contributed by atoms with Crippen LogP contribution in [0.2, 0.25) is 0 Å². The first kappa shape index (κ1) is 22.1. The second-order valence-electron chi connectivity index (χ2n) is 9.10. The predicted octanol–water partition coefficient (Wildman–Crippen LogP) is 2.68. The fourth-order valence-electron chi connectivity index (χ4n) is 4.99. The number of aryl methyl sites for hydroxylation is 1. The summed E-state index contributed by atoms with van der Waals surface area (Å²) in [6.07, 6.45) is 8.32. The molecule has 0 aromatic heterocycles. The van der Waals surface area contributed by atoms with Gasteiger partial charge in [0.2, 0.25) is 10.0 Å². The van der Waals surface area contributed by atoms with Crippen LogP contribution in [0.15, 0.2) is 23.1 Å². The lowest BCUT2D eigenvalue weighted by Gasteiger charge is -2.34. The molecule has 3 aliphatic rings. The maximum Gasteiger partial charge on any atom is 0.326 e. The summed E-state index contributed by atoms with van der Waals surface area (Å²) < 4.78 is 26.2. The van der Waals surface area contributed by atoms with Gasteiger partial charge in [0.25, 0.3) is 5.91 Å². The molecule has 31 heavy (non-hydrogen) atoms. The number of benzene rings is 1. The van der Waals surface area contributed by atoms with Crippen LogP contribution in [0.5, 0.6) is 0 Å². The van der Waals surface area contributed by atoms with Crippen LogP contribution in [-0.2, 0) is 21.2 Å². The lowest BCUT2D eigenvalue weighted by atomic mass is 9.84. The number of carbonyl (C=O) groups excluding carboxylic acids is 2. The summed E-state index contributed by atoms with van der Waals surface area (Å²) in [6, 6.07) is 4.81. The summed E-state index contributed by atoms with van der Waals surface area (Å²) in [4.78, 5) is 29.8. The molecule has 2 fully saturated rings. The number of hydrogen-bond acceptors (Lipinski definition) is 5. The summed E-state index contributed by atoms with van der Waals surface area (Å²) in [5.74, 6) is -0.113. The minimum absolute atomic E-state index is 0.113. The van der Waals surface area contributed by atoms with Crippen LogP contribution in [0.1, 0.15) is 56.9 Å². The summed E-state index contributed by atoms with van der Waals surface area (Å²) in [5, 5.41) is 3.02. The zero-order chi connectivity index (χ0) is 22.2. The summed E-state index contributed by atoms with van der Waals surface area (Å²) in [6.45, 7) is 0.913. The van der Waals surface area contributed by atoms with Gasteiger partial charge < -0.3 is 10.2 Å². The number of amides is 3. The average Bonchev–Trinajstić information content (AvgIpc) is 2.95. The van der Waals surface area contributed by atoms with Crippen LogP contribution in [0.4, 0.5) is 10.5 Å². The predicted molar refractivity (Wildman–Crippen MR) is 118 cm³/mol. The number of carbonyl (C=O) groups is 2. The molecule has 1 N–H and O–H groups in total. The van der Waals surface area contributed by atoms with Crippen molar-refractivity contribution >= 4 is 27.6 Å². The van der Waals surface area contributed by atoms with Crippen LogP contribution in [0.3, 0.4) is 0 Å². The SMILES string of the molecule is CN(C)S(=O)(=O)c1ccc2c(c1)CCCN2CN1C(=O)NC2(CCCCCCC2)C1=O. The van der Waals surface area contributed by atoms with Crippen molar-refractivity contribution in [1.29, 1.82) is 0 Å². The molecular formula is C22H32N4O4S. The van der Waals surface area contributed by atoms with E-state index in [1.54, 1.807) is 18.2 Å². The Morgan fingerprint density at radius 2 is 1.71 bits per heavy atom. The van der Waals surface area contributed by atoms with E-state index >= 15 is 0 Å². The lowest BCUT2D eigenvalue weighted by molar-refractivity contribution is -0.132. The number of rotatable bonds is 4. The Balaban J connectivity index is 1.56. The van der Waals surface area contributed by atoms with E-state index in [9.17, 15) is 18.0 Å². The Morgan fingerprint density at radius 3 is 2.39 bits per heavy atom. The van der Waals surface area contributed by atoms with E-state index in [1.807, 2.05) is 4.90 Å². The molecule has 1 saturated carbocycles. The first-order valence-electron chi connectivity index (χ1n) is 11.2. The van der Waals surface area contributed by atoms with Crippen molar-refractivity contribution in [2.45, 2.75) is 68.2 Å². The average molecular weight is 449 g/mol. The molecule has 1 aliphatic carbocycles. The van der Waals surface area contributed by atoms with Crippen LogP contribution >= 0.6 is 0 Å². The molecule has 0 atom stereocenters. The van der Waals surface area contributed by atoms with E-state index in [0.29, 0.717) is 12.8 Å². The van der Waals surface area contributed by atoms with Crippen molar-refractivity contribution in [3.8, 4) is 0 Å². The summed E-state index contributed by atoms with van der Waals surface area (Å²) in [5.41, 5.74) is 1.07. The van der Waals surface area contributed by atoms with Gasteiger partial charge in [0.05, 0.1) is 4.90 Å². The van der Waals surface area contributed by atoms with E-state index in [4.69, 9.17) is 0 Å². The molecule has 3 amide bonds. The summed E-state index contributed by atoms with van der Waals surface area (Å²) in [7, 11) is -0.471. The van der Waals surface area contributed by atoms with Crippen LogP contribution in [0.25, 0.3) is 0 Å². The smallest absolute Gasteiger partial charge is 0.326 e. The third kappa shape index (κ3) is 4.05. The number of sulfonamides is 1. The molecule has 9 heteroatoms. The van der Waals surface area contributed by atoms with Crippen molar-refractivity contribution in [3.63, 3.8) is 0 Å². The molecule has 2 aliphatic heterocycles. The third-order valence-corrected chi connectivity index (χ3v) is 8.62. The van der Waals surface area contributed by atoms with Crippen molar-refractivity contribution in [2.75, 3.05) is 32.2 Å².